The van der Waals surface area contributed by atoms with E-state index in [1.807, 2.05) is 0 Å². The lowest BCUT2D eigenvalue weighted by atomic mass is 10.2. The Morgan fingerprint density at radius 2 is 1.79 bits per heavy atom. The van der Waals surface area contributed by atoms with Gasteiger partial charge >= 0.3 is 0 Å². The Balaban J connectivity index is 1.90. The van der Waals surface area contributed by atoms with Crippen molar-refractivity contribution in [1.29, 1.82) is 0 Å². The fraction of sp³-hybridized carbons (Fsp3) is 0.105. The molecule has 0 unspecified atom stereocenters. The largest absolute Gasteiger partial charge is 0.481 e. The highest BCUT2D eigenvalue weighted by molar-refractivity contribution is 7.92. The summed E-state index contributed by atoms with van der Waals surface area (Å²) in [7, 11) is -2.74. The molecular formula is C19H16ClF2N3O3S. The number of pyridine rings is 1. The van der Waals surface area contributed by atoms with Gasteiger partial charge in [-0.05, 0) is 30.3 Å². The predicted molar refractivity (Wildman–Crippen MR) is 107 cm³/mol. The van der Waals surface area contributed by atoms with Crippen molar-refractivity contribution in [1.82, 2.24) is 4.98 Å². The molecular weight excluding hydrogens is 424 g/mol. The molecule has 10 heteroatoms. The first kappa shape index (κ1) is 20.8. The third-order valence-corrected chi connectivity index (χ3v) is 5.74. The molecule has 0 atom stereocenters. The molecule has 6 nitrogen and oxygen atoms in total. The maximum atomic E-state index is 14.4. The standard InChI is InChI=1S/C19H16ClF2N3O3S/c1-28-18-9-8-12(10-23-18)25-29(26,27)17-7-3-6-16(22)19(17)24-11-13-14(20)4-2-5-15(13)21/h2-10,24-25H,11H2,1H3. The van der Waals surface area contributed by atoms with Crippen molar-refractivity contribution in [2.75, 3.05) is 17.1 Å². The number of aromatic nitrogens is 1. The van der Waals surface area contributed by atoms with Gasteiger partial charge in [0.25, 0.3) is 10.0 Å². The third-order valence-electron chi connectivity index (χ3n) is 3.97. The van der Waals surface area contributed by atoms with Crippen LogP contribution in [0.25, 0.3) is 0 Å². The first-order valence-corrected chi connectivity index (χ1v) is 10.2. The van der Waals surface area contributed by atoms with E-state index >= 15 is 0 Å². The van der Waals surface area contributed by atoms with Crippen LogP contribution in [0.5, 0.6) is 5.88 Å². The van der Waals surface area contributed by atoms with Gasteiger partial charge in [-0.2, -0.15) is 0 Å². The van der Waals surface area contributed by atoms with Crippen LogP contribution in [-0.2, 0) is 16.6 Å². The van der Waals surface area contributed by atoms with Crippen LogP contribution < -0.4 is 14.8 Å². The summed E-state index contributed by atoms with van der Waals surface area (Å²) in [4.78, 5) is 3.57. The zero-order valence-electron chi connectivity index (χ0n) is 15.1. The third kappa shape index (κ3) is 4.75. The van der Waals surface area contributed by atoms with Crippen molar-refractivity contribution in [2.24, 2.45) is 0 Å². The lowest BCUT2D eigenvalue weighted by molar-refractivity contribution is 0.398. The molecule has 0 spiro atoms. The summed E-state index contributed by atoms with van der Waals surface area (Å²) >= 11 is 5.98. The molecule has 3 aromatic rings. The van der Waals surface area contributed by atoms with Crippen LogP contribution in [-0.4, -0.2) is 20.5 Å². The molecule has 2 aromatic carbocycles. The van der Waals surface area contributed by atoms with E-state index in [4.69, 9.17) is 16.3 Å². The fourth-order valence-corrected chi connectivity index (χ4v) is 4.02. The number of hydrogen-bond donors (Lipinski definition) is 2. The highest BCUT2D eigenvalue weighted by atomic mass is 35.5. The molecule has 0 aliphatic heterocycles. The monoisotopic (exact) mass is 439 g/mol. The van der Waals surface area contributed by atoms with Gasteiger partial charge in [0.05, 0.1) is 24.7 Å². The van der Waals surface area contributed by atoms with E-state index in [1.165, 1.54) is 55.8 Å². The molecule has 2 N–H and O–H groups in total. The Kier molecular flexibility index (Phi) is 6.19. The zero-order chi connectivity index (χ0) is 21.0. The SMILES string of the molecule is COc1ccc(NS(=O)(=O)c2cccc(F)c2NCc2c(F)cccc2Cl)cn1. The maximum absolute atomic E-state index is 14.4. The molecule has 0 fully saturated rings. The number of benzene rings is 2. The fourth-order valence-electron chi connectivity index (χ4n) is 2.55. The van der Waals surface area contributed by atoms with Crippen molar-refractivity contribution in [2.45, 2.75) is 11.4 Å². The molecule has 1 aromatic heterocycles. The number of rotatable bonds is 7. The van der Waals surface area contributed by atoms with Gasteiger partial charge in [-0.3, -0.25) is 4.72 Å². The Morgan fingerprint density at radius 3 is 2.45 bits per heavy atom. The Hall–Kier alpha value is -2.91. The Morgan fingerprint density at radius 1 is 1.07 bits per heavy atom. The molecule has 0 amide bonds. The number of nitrogens with zero attached hydrogens (tertiary/aromatic N) is 1. The quantitative estimate of drug-likeness (QED) is 0.569. The minimum Gasteiger partial charge on any atom is -0.481 e. The molecule has 29 heavy (non-hydrogen) atoms. The number of hydrogen-bond acceptors (Lipinski definition) is 5. The van der Waals surface area contributed by atoms with Crippen molar-refractivity contribution < 1.29 is 21.9 Å². The van der Waals surface area contributed by atoms with Crippen LogP contribution in [0, 0.1) is 11.6 Å². The summed E-state index contributed by atoms with van der Waals surface area (Å²) in [6.07, 6.45) is 1.27. The molecule has 152 valence electrons. The van der Waals surface area contributed by atoms with Gasteiger partial charge in [0, 0.05) is 23.2 Å². The molecule has 0 radical (unpaired) electrons. The number of nitrogens with one attached hydrogen (secondary N) is 2. The maximum Gasteiger partial charge on any atom is 0.264 e. The Bertz CT molecular complexity index is 1110. The highest BCUT2D eigenvalue weighted by Crippen LogP contribution is 2.28. The molecule has 3 rings (SSSR count). The average molecular weight is 440 g/mol. The van der Waals surface area contributed by atoms with Crippen molar-refractivity contribution in [3.05, 3.63) is 76.9 Å². The van der Waals surface area contributed by atoms with E-state index in [0.29, 0.717) is 5.88 Å². The van der Waals surface area contributed by atoms with Gasteiger partial charge in [0.15, 0.2) is 0 Å². The number of para-hydroxylation sites is 1. The van der Waals surface area contributed by atoms with Gasteiger partial charge in [-0.1, -0.05) is 23.7 Å². The van der Waals surface area contributed by atoms with Gasteiger partial charge in [0.1, 0.15) is 16.5 Å². The van der Waals surface area contributed by atoms with E-state index in [2.05, 4.69) is 15.0 Å². The lowest BCUT2D eigenvalue weighted by Gasteiger charge is -2.15. The minimum absolute atomic E-state index is 0.0908. The normalized spacial score (nSPS) is 11.2. The highest BCUT2D eigenvalue weighted by Gasteiger charge is 2.22. The van der Waals surface area contributed by atoms with Crippen LogP contribution >= 0.6 is 11.6 Å². The molecule has 0 aliphatic rings. The van der Waals surface area contributed by atoms with Crippen LogP contribution in [0.3, 0.4) is 0 Å². The zero-order valence-corrected chi connectivity index (χ0v) is 16.7. The second-order valence-corrected chi connectivity index (χ2v) is 7.92. The number of ether oxygens (including phenoxy) is 1. The van der Waals surface area contributed by atoms with Crippen LogP contribution in [0.2, 0.25) is 5.02 Å². The molecule has 0 saturated heterocycles. The first-order chi connectivity index (χ1) is 13.8. The van der Waals surface area contributed by atoms with Crippen LogP contribution in [0.15, 0.2) is 59.6 Å². The van der Waals surface area contributed by atoms with Gasteiger partial charge in [0.2, 0.25) is 5.88 Å². The van der Waals surface area contributed by atoms with Crippen molar-refractivity contribution in [3.8, 4) is 5.88 Å². The number of sulfonamides is 1. The van der Waals surface area contributed by atoms with Crippen molar-refractivity contribution >= 4 is 33.0 Å². The lowest BCUT2D eigenvalue weighted by Crippen LogP contribution is -2.16. The summed E-state index contributed by atoms with van der Waals surface area (Å²) in [5.41, 5.74) is -0.0490. The summed E-state index contributed by atoms with van der Waals surface area (Å²) in [6, 6.07) is 10.6. The summed E-state index contributed by atoms with van der Waals surface area (Å²) in [6.45, 7) is -0.209. The van der Waals surface area contributed by atoms with Crippen LogP contribution in [0.4, 0.5) is 20.2 Å². The van der Waals surface area contributed by atoms with Gasteiger partial charge in [-0.15, -0.1) is 0 Å². The van der Waals surface area contributed by atoms with E-state index in [-0.39, 0.29) is 33.4 Å². The number of methoxy groups -OCH3 is 1. The average Bonchev–Trinajstić information content (AvgIpc) is 2.68. The van der Waals surface area contributed by atoms with E-state index < -0.39 is 21.7 Å². The first-order valence-electron chi connectivity index (χ1n) is 8.30. The minimum atomic E-state index is -4.17. The molecule has 0 aliphatic carbocycles. The van der Waals surface area contributed by atoms with Gasteiger partial charge in [-0.25, -0.2) is 22.2 Å². The number of halogens is 3. The predicted octanol–water partition coefficient (Wildman–Crippen LogP) is 4.43. The smallest absolute Gasteiger partial charge is 0.264 e. The Labute approximate surface area is 171 Å². The van der Waals surface area contributed by atoms with Gasteiger partial charge < -0.3 is 10.1 Å². The topological polar surface area (TPSA) is 80.3 Å². The molecule has 0 saturated carbocycles. The van der Waals surface area contributed by atoms with E-state index in [0.717, 1.165) is 6.07 Å². The second kappa shape index (κ2) is 8.62. The van der Waals surface area contributed by atoms with E-state index in [9.17, 15) is 17.2 Å². The number of anilines is 2. The molecule has 1 heterocycles. The summed E-state index contributed by atoms with van der Waals surface area (Å²) in [5.74, 6) is -1.09. The molecule has 0 bridgehead atoms. The summed E-state index contributed by atoms with van der Waals surface area (Å²) in [5, 5.41) is 2.77. The van der Waals surface area contributed by atoms with Crippen molar-refractivity contribution in [3.63, 3.8) is 0 Å². The van der Waals surface area contributed by atoms with Crippen LogP contribution in [0.1, 0.15) is 5.56 Å². The summed E-state index contributed by atoms with van der Waals surface area (Å²) < 4.78 is 61.2. The van der Waals surface area contributed by atoms with E-state index in [1.54, 1.807) is 0 Å². The second-order valence-electron chi connectivity index (χ2n) is 5.86.